The molecule has 1 amide bonds. The van der Waals surface area contributed by atoms with Crippen molar-refractivity contribution >= 4 is 5.91 Å². The molecule has 1 aliphatic heterocycles. The predicted octanol–water partition coefficient (Wildman–Crippen LogP) is 3.97. The van der Waals surface area contributed by atoms with Crippen LogP contribution < -0.4 is 0 Å². The Morgan fingerprint density at radius 3 is 2.86 bits per heavy atom. The first kappa shape index (κ1) is 17.0. The highest BCUT2D eigenvalue weighted by atomic mass is 16.5. The van der Waals surface area contributed by atoms with E-state index in [1.165, 1.54) is 12.8 Å². The molecule has 1 atom stereocenters. The number of ether oxygens (including phenoxy) is 1. The Labute approximate surface area is 134 Å². The zero-order valence-corrected chi connectivity index (χ0v) is 14.4. The lowest BCUT2D eigenvalue weighted by atomic mass is 10.0. The van der Waals surface area contributed by atoms with Gasteiger partial charge in [0.2, 0.25) is 0 Å². The summed E-state index contributed by atoms with van der Waals surface area (Å²) in [5.74, 6) is 0.884. The normalized spacial score (nSPS) is 18.8. The summed E-state index contributed by atoms with van der Waals surface area (Å²) in [6.07, 6.45) is 3.65. The average molecular weight is 303 g/mol. The van der Waals surface area contributed by atoms with Crippen LogP contribution in [0.4, 0.5) is 0 Å². The first-order chi connectivity index (χ1) is 10.5. The maximum Gasteiger partial charge on any atom is 0.254 e. The molecule has 0 bridgehead atoms. The molecule has 1 saturated heterocycles. The summed E-state index contributed by atoms with van der Waals surface area (Å²) in [7, 11) is 0. The van der Waals surface area contributed by atoms with Crippen LogP contribution in [0.3, 0.4) is 0 Å². The summed E-state index contributed by atoms with van der Waals surface area (Å²) in [5.41, 5.74) is 3.02. The molecule has 1 fully saturated rings. The quantitative estimate of drug-likeness (QED) is 0.823. The maximum atomic E-state index is 12.8. The summed E-state index contributed by atoms with van der Waals surface area (Å²) >= 11 is 0. The van der Waals surface area contributed by atoms with E-state index in [2.05, 4.69) is 19.9 Å². The molecule has 122 valence electrons. The highest BCUT2D eigenvalue weighted by Gasteiger charge is 2.25. The molecular formula is C19H29NO2. The Bertz CT molecular complexity index is 510. The van der Waals surface area contributed by atoms with Gasteiger partial charge in [-0.1, -0.05) is 44.4 Å². The fourth-order valence-corrected chi connectivity index (χ4v) is 2.97. The lowest BCUT2D eigenvalue weighted by Crippen LogP contribution is -2.45. The number of morpholine rings is 1. The van der Waals surface area contributed by atoms with Gasteiger partial charge in [0.15, 0.2) is 0 Å². The van der Waals surface area contributed by atoms with Gasteiger partial charge in [0.1, 0.15) is 0 Å². The van der Waals surface area contributed by atoms with Gasteiger partial charge >= 0.3 is 0 Å². The van der Waals surface area contributed by atoms with Gasteiger partial charge < -0.3 is 9.64 Å². The Hall–Kier alpha value is -1.35. The van der Waals surface area contributed by atoms with E-state index in [4.69, 9.17) is 4.74 Å². The number of amides is 1. The molecule has 1 unspecified atom stereocenters. The molecule has 0 spiro atoms. The standard InChI is InChI=1S/C19H29NO2/c1-14(2)6-5-7-17-13-20(10-11-22-17)19(21)18-12-15(3)8-9-16(18)4/h8-9,12,14,17H,5-7,10-11,13H2,1-4H3. The first-order valence-electron chi connectivity index (χ1n) is 8.45. The summed E-state index contributed by atoms with van der Waals surface area (Å²) in [6.45, 7) is 10.6. The van der Waals surface area contributed by atoms with Gasteiger partial charge in [-0.05, 0) is 37.8 Å². The van der Waals surface area contributed by atoms with E-state index in [1.54, 1.807) is 0 Å². The van der Waals surface area contributed by atoms with E-state index in [0.717, 1.165) is 35.6 Å². The number of benzene rings is 1. The van der Waals surface area contributed by atoms with E-state index < -0.39 is 0 Å². The van der Waals surface area contributed by atoms with Crippen LogP contribution in [0.25, 0.3) is 0 Å². The van der Waals surface area contributed by atoms with Crippen LogP contribution in [0.15, 0.2) is 18.2 Å². The minimum atomic E-state index is 0.151. The van der Waals surface area contributed by atoms with E-state index in [0.29, 0.717) is 13.2 Å². The fraction of sp³-hybridized carbons (Fsp3) is 0.632. The summed E-state index contributed by atoms with van der Waals surface area (Å²) in [4.78, 5) is 14.7. The van der Waals surface area contributed by atoms with Crippen molar-refractivity contribution in [1.82, 2.24) is 4.90 Å². The third-order valence-electron chi connectivity index (χ3n) is 4.36. The smallest absolute Gasteiger partial charge is 0.254 e. The van der Waals surface area contributed by atoms with Gasteiger partial charge in [0, 0.05) is 18.7 Å². The summed E-state index contributed by atoms with van der Waals surface area (Å²) in [6, 6.07) is 6.09. The van der Waals surface area contributed by atoms with E-state index in [1.807, 2.05) is 30.9 Å². The molecule has 0 N–H and O–H groups in total. The zero-order valence-electron chi connectivity index (χ0n) is 14.4. The Morgan fingerprint density at radius 2 is 2.14 bits per heavy atom. The van der Waals surface area contributed by atoms with Gasteiger partial charge in [-0.2, -0.15) is 0 Å². The van der Waals surface area contributed by atoms with Crippen LogP contribution in [0.1, 0.15) is 54.6 Å². The SMILES string of the molecule is Cc1ccc(C)c(C(=O)N2CCOC(CCCC(C)C)C2)c1. The van der Waals surface area contributed by atoms with Crippen LogP contribution in [0.5, 0.6) is 0 Å². The Balaban J connectivity index is 1.96. The Morgan fingerprint density at radius 1 is 1.36 bits per heavy atom. The number of nitrogens with zero attached hydrogens (tertiary/aromatic N) is 1. The number of carbonyl (C=O) groups is 1. The van der Waals surface area contributed by atoms with Crippen molar-refractivity contribution < 1.29 is 9.53 Å². The number of hydrogen-bond donors (Lipinski definition) is 0. The predicted molar refractivity (Wildman–Crippen MR) is 90.2 cm³/mol. The van der Waals surface area contributed by atoms with Crippen LogP contribution in [-0.4, -0.2) is 36.6 Å². The van der Waals surface area contributed by atoms with Crippen molar-refractivity contribution in [3.63, 3.8) is 0 Å². The second-order valence-electron chi connectivity index (χ2n) is 6.89. The van der Waals surface area contributed by atoms with Gasteiger partial charge in [0.05, 0.1) is 12.7 Å². The van der Waals surface area contributed by atoms with Crippen LogP contribution in [0.2, 0.25) is 0 Å². The monoisotopic (exact) mass is 303 g/mol. The van der Waals surface area contributed by atoms with Gasteiger partial charge in [-0.3, -0.25) is 4.79 Å². The van der Waals surface area contributed by atoms with E-state index in [9.17, 15) is 4.79 Å². The van der Waals surface area contributed by atoms with Crippen molar-refractivity contribution in [3.05, 3.63) is 34.9 Å². The zero-order chi connectivity index (χ0) is 16.1. The van der Waals surface area contributed by atoms with Crippen molar-refractivity contribution in [2.24, 2.45) is 5.92 Å². The van der Waals surface area contributed by atoms with Gasteiger partial charge in [-0.25, -0.2) is 0 Å². The van der Waals surface area contributed by atoms with Crippen LogP contribution in [-0.2, 0) is 4.74 Å². The second kappa shape index (κ2) is 7.77. The van der Waals surface area contributed by atoms with Gasteiger partial charge in [0.25, 0.3) is 5.91 Å². The van der Waals surface area contributed by atoms with Crippen molar-refractivity contribution in [2.75, 3.05) is 19.7 Å². The third kappa shape index (κ3) is 4.57. The maximum absolute atomic E-state index is 12.8. The molecular weight excluding hydrogens is 274 g/mol. The molecule has 0 radical (unpaired) electrons. The average Bonchev–Trinajstić information content (AvgIpc) is 2.49. The number of carbonyl (C=O) groups excluding carboxylic acids is 1. The number of hydrogen-bond acceptors (Lipinski definition) is 2. The molecule has 1 aromatic rings. The topological polar surface area (TPSA) is 29.5 Å². The first-order valence-corrected chi connectivity index (χ1v) is 8.45. The van der Waals surface area contributed by atoms with Crippen molar-refractivity contribution in [3.8, 4) is 0 Å². The molecule has 0 aromatic heterocycles. The molecule has 1 aromatic carbocycles. The number of rotatable bonds is 5. The van der Waals surface area contributed by atoms with Crippen LogP contribution in [0, 0.1) is 19.8 Å². The summed E-state index contributed by atoms with van der Waals surface area (Å²) in [5, 5.41) is 0. The van der Waals surface area contributed by atoms with Crippen LogP contribution >= 0.6 is 0 Å². The van der Waals surface area contributed by atoms with E-state index >= 15 is 0 Å². The molecule has 3 nitrogen and oxygen atoms in total. The molecule has 3 heteroatoms. The lowest BCUT2D eigenvalue weighted by Gasteiger charge is -2.33. The Kier molecular flexibility index (Phi) is 6.01. The largest absolute Gasteiger partial charge is 0.375 e. The molecule has 2 rings (SSSR count). The molecule has 1 heterocycles. The molecule has 0 aliphatic carbocycles. The lowest BCUT2D eigenvalue weighted by molar-refractivity contribution is -0.0260. The van der Waals surface area contributed by atoms with Crippen molar-refractivity contribution in [2.45, 2.75) is 53.1 Å². The fourth-order valence-electron chi connectivity index (χ4n) is 2.97. The van der Waals surface area contributed by atoms with Crippen molar-refractivity contribution in [1.29, 1.82) is 0 Å². The minimum Gasteiger partial charge on any atom is -0.375 e. The molecule has 1 aliphatic rings. The van der Waals surface area contributed by atoms with E-state index in [-0.39, 0.29) is 12.0 Å². The molecule has 0 saturated carbocycles. The summed E-state index contributed by atoms with van der Waals surface area (Å²) < 4.78 is 5.84. The van der Waals surface area contributed by atoms with Gasteiger partial charge in [-0.15, -0.1) is 0 Å². The highest BCUT2D eigenvalue weighted by molar-refractivity contribution is 5.95. The third-order valence-corrected chi connectivity index (χ3v) is 4.36. The molecule has 22 heavy (non-hydrogen) atoms. The highest BCUT2D eigenvalue weighted by Crippen LogP contribution is 2.18. The minimum absolute atomic E-state index is 0.151. The number of aryl methyl sites for hydroxylation is 2. The second-order valence-corrected chi connectivity index (χ2v) is 6.89.